The zero-order chi connectivity index (χ0) is 15.9. The number of carbonyl (C=O) groups excluding carboxylic acids is 1. The summed E-state index contributed by atoms with van der Waals surface area (Å²) >= 11 is 0. The second-order valence-electron chi connectivity index (χ2n) is 5.31. The number of benzene rings is 2. The highest BCUT2D eigenvalue weighted by Gasteiger charge is 2.52. The Bertz CT molecular complexity index is 813. The zero-order valence-electron chi connectivity index (χ0n) is 12.1. The summed E-state index contributed by atoms with van der Waals surface area (Å²) in [5, 5.41) is 2.75. The van der Waals surface area contributed by atoms with Gasteiger partial charge in [0.25, 0.3) is 11.7 Å². The highest BCUT2D eigenvalue weighted by atomic mass is 19.1. The first-order valence-corrected chi connectivity index (χ1v) is 7.21. The van der Waals surface area contributed by atoms with Crippen LogP contribution in [0.1, 0.15) is 11.1 Å². The molecule has 4 rings (SSSR count). The van der Waals surface area contributed by atoms with Gasteiger partial charge in [0.05, 0.1) is 24.6 Å². The Morgan fingerprint density at radius 3 is 2.78 bits per heavy atom. The van der Waals surface area contributed by atoms with Gasteiger partial charge in [-0.25, -0.2) is 4.39 Å². The lowest BCUT2D eigenvalue weighted by molar-refractivity contribution is -0.178. The number of halogens is 1. The van der Waals surface area contributed by atoms with Gasteiger partial charge in [0.2, 0.25) is 0 Å². The molecule has 2 heterocycles. The van der Waals surface area contributed by atoms with Crippen LogP contribution in [-0.4, -0.2) is 25.3 Å². The first kappa shape index (κ1) is 14.0. The zero-order valence-corrected chi connectivity index (χ0v) is 12.1. The first-order valence-electron chi connectivity index (χ1n) is 7.21. The SMILES string of the molecule is O=C1Nc2ccc(N=Cc3cccc(F)c3)cc2C12OCCO2. The lowest BCUT2D eigenvalue weighted by atomic mass is 10.1. The van der Waals surface area contributed by atoms with E-state index < -0.39 is 5.79 Å². The number of aliphatic imine (C=N–C) groups is 1. The number of nitrogens with zero attached hydrogens (tertiary/aromatic N) is 1. The summed E-state index contributed by atoms with van der Waals surface area (Å²) in [5.41, 5.74) is 2.56. The molecule has 1 N–H and O–H groups in total. The molecule has 23 heavy (non-hydrogen) atoms. The van der Waals surface area contributed by atoms with Gasteiger partial charge < -0.3 is 14.8 Å². The van der Waals surface area contributed by atoms with Crippen molar-refractivity contribution in [1.29, 1.82) is 0 Å². The van der Waals surface area contributed by atoms with Crippen LogP contribution in [-0.2, 0) is 20.1 Å². The first-order chi connectivity index (χ1) is 11.2. The summed E-state index contributed by atoms with van der Waals surface area (Å²) in [6.45, 7) is 0.729. The third kappa shape index (κ3) is 2.32. The number of ether oxygens (including phenoxy) is 2. The van der Waals surface area contributed by atoms with Crippen LogP contribution in [0.2, 0.25) is 0 Å². The van der Waals surface area contributed by atoms with E-state index in [4.69, 9.17) is 9.47 Å². The predicted molar refractivity (Wildman–Crippen MR) is 82.3 cm³/mol. The molecule has 1 fully saturated rings. The monoisotopic (exact) mass is 312 g/mol. The number of amides is 1. The Labute approximate surface area is 131 Å². The van der Waals surface area contributed by atoms with Crippen molar-refractivity contribution in [3.05, 3.63) is 59.4 Å². The van der Waals surface area contributed by atoms with Gasteiger partial charge in [-0.1, -0.05) is 12.1 Å². The van der Waals surface area contributed by atoms with Crippen LogP contribution >= 0.6 is 0 Å². The van der Waals surface area contributed by atoms with E-state index in [1.54, 1.807) is 36.5 Å². The fourth-order valence-electron chi connectivity index (χ4n) is 2.76. The van der Waals surface area contributed by atoms with Gasteiger partial charge in [0, 0.05) is 11.8 Å². The van der Waals surface area contributed by atoms with Gasteiger partial charge in [-0.15, -0.1) is 0 Å². The Hall–Kier alpha value is -2.57. The molecular weight excluding hydrogens is 299 g/mol. The summed E-state index contributed by atoms with van der Waals surface area (Å²) in [4.78, 5) is 16.5. The largest absolute Gasteiger partial charge is 0.336 e. The fraction of sp³-hybridized carbons (Fsp3) is 0.176. The van der Waals surface area contributed by atoms with Crippen LogP contribution in [0.15, 0.2) is 47.5 Å². The van der Waals surface area contributed by atoms with E-state index >= 15 is 0 Å². The Kier molecular flexibility index (Phi) is 3.21. The Morgan fingerprint density at radius 2 is 2.00 bits per heavy atom. The number of anilines is 1. The molecule has 2 aromatic carbocycles. The van der Waals surface area contributed by atoms with E-state index in [1.807, 2.05) is 0 Å². The van der Waals surface area contributed by atoms with Crippen molar-refractivity contribution < 1.29 is 18.7 Å². The van der Waals surface area contributed by atoms with Gasteiger partial charge in [-0.2, -0.15) is 0 Å². The third-order valence-corrected chi connectivity index (χ3v) is 3.81. The van der Waals surface area contributed by atoms with Gasteiger partial charge in [-0.05, 0) is 35.9 Å². The molecule has 1 saturated heterocycles. The summed E-state index contributed by atoms with van der Waals surface area (Å²) in [6, 6.07) is 11.4. The minimum Gasteiger partial charge on any atom is -0.336 e. The van der Waals surface area contributed by atoms with Crippen LogP contribution < -0.4 is 5.32 Å². The second-order valence-corrected chi connectivity index (χ2v) is 5.31. The van der Waals surface area contributed by atoms with Crippen molar-refractivity contribution in [3.63, 3.8) is 0 Å². The van der Waals surface area contributed by atoms with E-state index in [-0.39, 0.29) is 11.7 Å². The summed E-state index contributed by atoms with van der Waals surface area (Å²) in [5.74, 6) is -2.00. The second kappa shape index (κ2) is 5.26. The predicted octanol–water partition coefficient (Wildman–Crippen LogP) is 2.73. The average Bonchev–Trinajstić information content (AvgIpc) is 3.14. The Morgan fingerprint density at radius 1 is 1.17 bits per heavy atom. The quantitative estimate of drug-likeness (QED) is 0.867. The lowest BCUT2D eigenvalue weighted by Gasteiger charge is -2.19. The van der Waals surface area contributed by atoms with E-state index in [0.29, 0.717) is 35.7 Å². The van der Waals surface area contributed by atoms with E-state index in [9.17, 15) is 9.18 Å². The average molecular weight is 312 g/mol. The van der Waals surface area contributed by atoms with Crippen LogP contribution in [0.25, 0.3) is 0 Å². The third-order valence-electron chi connectivity index (χ3n) is 3.81. The number of carbonyl (C=O) groups is 1. The van der Waals surface area contributed by atoms with Crippen molar-refractivity contribution in [3.8, 4) is 0 Å². The lowest BCUT2D eigenvalue weighted by Crippen LogP contribution is -2.35. The van der Waals surface area contributed by atoms with Crippen LogP contribution in [0.4, 0.5) is 15.8 Å². The minimum atomic E-state index is -1.36. The number of hydrogen-bond acceptors (Lipinski definition) is 4. The van der Waals surface area contributed by atoms with Crippen molar-refractivity contribution in [1.82, 2.24) is 0 Å². The highest BCUT2D eigenvalue weighted by Crippen LogP contribution is 2.43. The molecule has 1 amide bonds. The smallest absolute Gasteiger partial charge is 0.289 e. The van der Waals surface area contributed by atoms with Gasteiger partial charge >= 0.3 is 0 Å². The molecule has 6 heteroatoms. The molecule has 0 radical (unpaired) electrons. The van der Waals surface area contributed by atoms with Crippen molar-refractivity contribution in [2.75, 3.05) is 18.5 Å². The standard InChI is InChI=1S/C17H13FN2O3/c18-12-3-1-2-11(8-12)10-19-13-4-5-15-14(9-13)17(16(21)20-15)22-6-7-23-17/h1-5,8-10H,6-7H2,(H,20,21). The summed E-state index contributed by atoms with van der Waals surface area (Å²) < 4.78 is 24.3. The minimum absolute atomic E-state index is 0.315. The maximum atomic E-state index is 13.2. The van der Waals surface area contributed by atoms with Crippen LogP contribution in [0.3, 0.4) is 0 Å². The molecule has 1 spiro atoms. The maximum Gasteiger partial charge on any atom is 0.289 e. The fourth-order valence-corrected chi connectivity index (χ4v) is 2.76. The number of hydrogen-bond donors (Lipinski definition) is 1. The number of fused-ring (bicyclic) bond motifs is 2. The van der Waals surface area contributed by atoms with E-state index in [1.165, 1.54) is 12.1 Å². The molecule has 0 unspecified atom stereocenters. The molecule has 0 bridgehead atoms. The van der Waals surface area contributed by atoms with Gasteiger partial charge in [-0.3, -0.25) is 9.79 Å². The molecule has 2 aromatic rings. The summed E-state index contributed by atoms with van der Waals surface area (Å²) in [6.07, 6.45) is 1.57. The normalized spacial score (nSPS) is 18.6. The number of rotatable bonds is 2. The molecule has 2 aliphatic rings. The van der Waals surface area contributed by atoms with Crippen LogP contribution in [0.5, 0.6) is 0 Å². The topological polar surface area (TPSA) is 59.9 Å². The summed E-state index contributed by atoms with van der Waals surface area (Å²) in [7, 11) is 0. The Balaban J connectivity index is 1.68. The van der Waals surface area contributed by atoms with Crippen LogP contribution in [0, 0.1) is 5.82 Å². The molecule has 0 atom stereocenters. The van der Waals surface area contributed by atoms with E-state index in [2.05, 4.69) is 10.3 Å². The van der Waals surface area contributed by atoms with E-state index in [0.717, 1.165) is 0 Å². The molecule has 5 nitrogen and oxygen atoms in total. The van der Waals surface area contributed by atoms with Crippen molar-refractivity contribution >= 4 is 23.5 Å². The van der Waals surface area contributed by atoms with Crippen molar-refractivity contribution in [2.24, 2.45) is 4.99 Å². The number of nitrogens with one attached hydrogen (secondary N) is 1. The highest BCUT2D eigenvalue weighted by molar-refractivity contribution is 6.04. The molecule has 0 aliphatic carbocycles. The maximum absolute atomic E-state index is 13.2. The molecule has 0 aromatic heterocycles. The van der Waals surface area contributed by atoms with Gasteiger partial charge in [0.1, 0.15) is 5.82 Å². The molecule has 0 saturated carbocycles. The van der Waals surface area contributed by atoms with Gasteiger partial charge in [0.15, 0.2) is 0 Å². The van der Waals surface area contributed by atoms with Crippen molar-refractivity contribution in [2.45, 2.75) is 5.79 Å². The molecule has 2 aliphatic heterocycles. The molecular formula is C17H13FN2O3. The molecule has 116 valence electrons.